The normalized spacial score (nSPS) is 10.5. The topological polar surface area (TPSA) is 12.0 Å². The quantitative estimate of drug-likeness (QED) is 0.869. The number of benzene rings is 2. The predicted octanol–water partition coefficient (Wildman–Crippen LogP) is 4.38. The molecule has 2 aromatic carbocycles. The molecule has 0 amide bonds. The highest BCUT2D eigenvalue weighted by Crippen LogP contribution is 2.29. The summed E-state index contributed by atoms with van der Waals surface area (Å²) in [5.41, 5.74) is 3.44. The smallest absolute Gasteiger partial charge is 0.0426 e. The summed E-state index contributed by atoms with van der Waals surface area (Å²) in [7, 11) is 1.93. The molecule has 0 spiro atoms. The predicted molar refractivity (Wildman–Crippen MR) is 74.7 cm³/mol. The first-order chi connectivity index (χ1) is 8.20. The lowest BCUT2D eigenvalue weighted by Gasteiger charge is -2.10. The molecule has 0 saturated heterocycles. The highest BCUT2D eigenvalue weighted by Gasteiger charge is 2.05. The largest absolute Gasteiger partial charge is 0.316 e. The van der Waals surface area contributed by atoms with Crippen molar-refractivity contribution >= 4 is 23.2 Å². The Morgan fingerprint density at radius 3 is 2.29 bits per heavy atom. The van der Waals surface area contributed by atoms with Crippen LogP contribution in [0.25, 0.3) is 11.1 Å². The lowest BCUT2D eigenvalue weighted by atomic mass is 10.00. The van der Waals surface area contributed by atoms with Crippen molar-refractivity contribution in [3.8, 4) is 11.1 Å². The summed E-state index contributed by atoms with van der Waals surface area (Å²) in [6.45, 7) is 0.820. The second kappa shape index (κ2) is 5.54. The van der Waals surface area contributed by atoms with Gasteiger partial charge in [0, 0.05) is 16.6 Å². The molecule has 1 nitrogen and oxygen atoms in total. The van der Waals surface area contributed by atoms with E-state index in [0.29, 0.717) is 10.0 Å². The Kier molecular flexibility index (Phi) is 4.06. The molecule has 0 unspecified atom stereocenters. The van der Waals surface area contributed by atoms with Crippen LogP contribution in [-0.4, -0.2) is 7.05 Å². The van der Waals surface area contributed by atoms with Crippen molar-refractivity contribution in [2.24, 2.45) is 0 Å². The third-order valence-corrected chi connectivity index (χ3v) is 2.99. The molecule has 0 aliphatic rings. The van der Waals surface area contributed by atoms with Crippen molar-refractivity contribution in [2.75, 3.05) is 7.05 Å². The SMILES string of the molecule is CNCc1ccccc1-c1cc(Cl)cc(Cl)c1. The summed E-state index contributed by atoms with van der Waals surface area (Å²) >= 11 is 12.1. The Bertz CT molecular complexity index is 503. The van der Waals surface area contributed by atoms with Gasteiger partial charge in [0.2, 0.25) is 0 Å². The fourth-order valence-electron chi connectivity index (χ4n) is 1.86. The average Bonchev–Trinajstić information content (AvgIpc) is 2.29. The molecule has 17 heavy (non-hydrogen) atoms. The Labute approximate surface area is 111 Å². The summed E-state index contributed by atoms with van der Waals surface area (Å²) < 4.78 is 0. The van der Waals surface area contributed by atoms with Gasteiger partial charge >= 0.3 is 0 Å². The van der Waals surface area contributed by atoms with Crippen molar-refractivity contribution in [3.05, 3.63) is 58.1 Å². The number of halogens is 2. The average molecular weight is 266 g/mol. The van der Waals surface area contributed by atoms with Crippen molar-refractivity contribution in [2.45, 2.75) is 6.54 Å². The van der Waals surface area contributed by atoms with Crippen LogP contribution in [0.5, 0.6) is 0 Å². The van der Waals surface area contributed by atoms with E-state index >= 15 is 0 Å². The first-order valence-corrected chi connectivity index (χ1v) is 6.15. The molecule has 0 bridgehead atoms. The molecule has 0 radical (unpaired) electrons. The van der Waals surface area contributed by atoms with Gasteiger partial charge in [0.25, 0.3) is 0 Å². The molecule has 2 aromatic rings. The monoisotopic (exact) mass is 265 g/mol. The van der Waals surface area contributed by atoms with Crippen LogP contribution >= 0.6 is 23.2 Å². The third-order valence-electron chi connectivity index (χ3n) is 2.56. The molecular formula is C14H13Cl2N. The van der Waals surface area contributed by atoms with Crippen LogP contribution in [-0.2, 0) is 6.54 Å². The summed E-state index contributed by atoms with van der Waals surface area (Å²) in [4.78, 5) is 0. The summed E-state index contributed by atoms with van der Waals surface area (Å²) in [6.07, 6.45) is 0. The zero-order valence-corrected chi connectivity index (χ0v) is 11.0. The highest BCUT2D eigenvalue weighted by molar-refractivity contribution is 6.35. The van der Waals surface area contributed by atoms with E-state index in [4.69, 9.17) is 23.2 Å². The summed E-state index contributed by atoms with van der Waals surface area (Å²) in [6, 6.07) is 13.8. The number of nitrogens with one attached hydrogen (secondary N) is 1. The van der Waals surface area contributed by atoms with E-state index in [0.717, 1.165) is 17.7 Å². The van der Waals surface area contributed by atoms with E-state index in [1.807, 2.05) is 31.3 Å². The van der Waals surface area contributed by atoms with Gasteiger partial charge in [-0.1, -0.05) is 47.5 Å². The highest BCUT2D eigenvalue weighted by atomic mass is 35.5. The molecule has 0 aromatic heterocycles. The minimum Gasteiger partial charge on any atom is -0.316 e. The van der Waals surface area contributed by atoms with E-state index in [1.165, 1.54) is 5.56 Å². The second-order valence-electron chi connectivity index (χ2n) is 3.85. The molecule has 1 N–H and O–H groups in total. The van der Waals surface area contributed by atoms with Crippen LogP contribution in [0.1, 0.15) is 5.56 Å². The maximum atomic E-state index is 6.03. The van der Waals surface area contributed by atoms with Gasteiger partial charge < -0.3 is 5.32 Å². The number of hydrogen-bond acceptors (Lipinski definition) is 1. The van der Waals surface area contributed by atoms with Crippen molar-refractivity contribution in [3.63, 3.8) is 0 Å². The Morgan fingerprint density at radius 1 is 1.00 bits per heavy atom. The fourth-order valence-corrected chi connectivity index (χ4v) is 2.38. The van der Waals surface area contributed by atoms with Gasteiger partial charge in [-0.05, 0) is 41.9 Å². The molecule has 0 saturated carbocycles. The molecule has 0 aliphatic heterocycles. The molecule has 88 valence electrons. The Morgan fingerprint density at radius 2 is 1.65 bits per heavy atom. The molecular weight excluding hydrogens is 253 g/mol. The van der Waals surface area contributed by atoms with Gasteiger partial charge in [-0.2, -0.15) is 0 Å². The van der Waals surface area contributed by atoms with Crippen LogP contribution in [0.2, 0.25) is 10.0 Å². The maximum Gasteiger partial charge on any atom is 0.0426 e. The van der Waals surface area contributed by atoms with Crippen LogP contribution in [0.3, 0.4) is 0 Å². The standard InChI is InChI=1S/C14H13Cl2N/c1-17-9-10-4-2-3-5-14(10)11-6-12(15)8-13(16)7-11/h2-8,17H,9H2,1H3. The summed E-state index contributed by atoms with van der Waals surface area (Å²) in [5, 5.41) is 4.48. The molecule has 0 aliphatic carbocycles. The van der Waals surface area contributed by atoms with Gasteiger partial charge in [0.15, 0.2) is 0 Å². The Balaban J connectivity index is 2.51. The fraction of sp³-hybridized carbons (Fsp3) is 0.143. The van der Waals surface area contributed by atoms with Crippen LogP contribution < -0.4 is 5.32 Å². The van der Waals surface area contributed by atoms with Crippen molar-refractivity contribution in [1.29, 1.82) is 0 Å². The third kappa shape index (κ3) is 3.01. The summed E-state index contributed by atoms with van der Waals surface area (Å²) in [5.74, 6) is 0. The minimum absolute atomic E-state index is 0.659. The Hall–Kier alpha value is -1.02. The molecule has 0 atom stereocenters. The molecule has 3 heteroatoms. The first kappa shape index (κ1) is 12.4. The van der Waals surface area contributed by atoms with Crippen molar-refractivity contribution in [1.82, 2.24) is 5.32 Å². The zero-order chi connectivity index (χ0) is 12.3. The van der Waals surface area contributed by atoms with E-state index in [1.54, 1.807) is 6.07 Å². The van der Waals surface area contributed by atoms with E-state index in [9.17, 15) is 0 Å². The molecule has 0 fully saturated rings. The van der Waals surface area contributed by atoms with Gasteiger partial charge in [-0.25, -0.2) is 0 Å². The van der Waals surface area contributed by atoms with Gasteiger partial charge in [0.1, 0.15) is 0 Å². The van der Waals surface area contributed by atoms with E-state index < -0.39 is 0 Å². The molecule has 0 heterocycles. The van der Waals surface area contributed by atoms with Crippen molar-refractivity contribution < 1.29 is 0 Å². The lowest BCUT2D eigenvalue weighted by molar-refractivity contribution is 0.819. The zero-order valence-electron chi connectivity index (χ0n) is 9.50. The van der Waals surface area contributed by atoms with Gasteiger partial charge in [-0.3, -0.25) is 0 Å². The van der Waals surface area contributed by atoms with Crippen LogP contribution in [0, 0.1) is 0 Å². The second-order valence-corrected chi connectivity index (χ2v) is 4.72. The van der Waals surface area contributed by atoms with Crippen LogP contribution in [0.15, 0.2) is 42.5 Å². The first-order valence-electron chi connectivity index (χ1n) is 5.39. The number of hydrogen-bond donors (Lipinski definition) is 1. The number of rotatable bonds is 3. The van der Waals surface area contributed by atoms with Gasteiger partial charge in [0.05, 0.1) is 0 Å². The van der Waals surface area contributed by atoms with Gasteiger partial charge in [-0.15, -0.1) is 0 Å². The maximum absolute atomic E-state index is 6.03. The van der Waals surface area contributed by atoms with E-state index in [-0.39, 0.29) is 0 Å². The van der Waals surface area contributed by atoms with E-state index in [2.05, 4.69) is 17.4 Å². The minimum atomic E-state index is 0.659. The lowest BCUT2D eigenvalue weighted by Crippen LogP contribution is -2.06. The van der Waals surface area contributed by atoms with Crippen LogP contribution in [0.4, 0.5) is 0 Å². The molecule has 2 rings (SSSR count).